The Kier molecular flexibility index (Phi) is 7.19. The predicted molar refractivity (Wildman–Crippen MR) is 116 cm³/mol. The fourth-order valence-electron chi connectivity index (χ4n) is 2.87. The van der Waals surface area contributed by atoms with Gasteiger partial charge in [0.25, 0.3) is 5.91 Å². The van der Waals surface area contributed by atoms with Gasteiger partial charge in [0.05, 0.1) is 13.7 Å². The lowest BCUT2D eigenvalue weighted by molar-refractivity contribution is -0.143. The molecule has 2 aromatic rings. The van der Waals surface area contributed by atoms with E-state index in [-0.39, 0.29) is 29.8 Å². The Bertz CT molecular complexity index is 1040. The summed E-state index contributed by atoms with van der Waals surface area (Å²) >= 11 is 5.13. The Morgan fingerprint density at radius 1 is 1.19 bits per heavy atom. The molecule has 0 radical (unpaired) electrons. The third-order valence-corrected chi connectivity index (χ3v) is 4.66. The van der Waals surface area contributed by atoms with Gasteiger partial charge in [-0.2, -0.15) is 0 Å². The number of hydrogen-bond acceptors (Lipinski definition) is 6. The van der Waals surface area contributed by atoms with Crippen molar-refractivity contribution in [3.8, 4) is 11.5 Å². The van der Waals surface area contributed by atoms with Crippen LogP contribution in [0, 0.1) is 5.82 Å². The first-order valence-corrected chi connectivity index (χ1v) is 9.87. The molecule has 1 aliphatic heterocycles. The van der Waals surface area contributed by atoms with Crippen LogP contribution in [0.1, 0.15) is 18.1 Å². The highest BCUT2D eigenvalue weighted by molar-refractivity contribution is 7.80. The van der Waals surface area contributed by atoms with Gasteiger partial charge >= 0.3 is 5.97 Å². The lowest BCUT2D eigenvalue weighted by Crippen LogP contribution is -2.35. The molecule has 9 heteroatoms. The van der Waals surface area contributed by atoms with Gasteiger partial charge in [0.2, 0.25) is 0 Å². The average Bonchev–Trinajstić information content (AvgIpc) is 3.00. The van der Waals surface area contributed by atoms with Gasteiger partial charge in [-0.25, -0.2) is 4.39 Å². The quantitative estimate of drug-likeness (QED) is 0.381. The molecule has 162 valence electrons. The number of esters is 1. The number of nitrogens with zero attached hydrogens (tertiary/aromatic N) is 1. The molecule has 7 nitrogen and oxygen atoms in total. The first-order valence-electron chi connectivity index (χ1n) is 9.46. The van der Waals surface area contributed by atoms with Crippen molar-refractivity contribution in [3.63, 3.8) is 0 Å². The molecule has 0 bridgehead atoms. The molecule has 0 aliphatic carbocycles. The number of rotatable bonds is 8. The number of hydrogen-bond donors (Lipinski definition) is 1. The normalized spacial score (nSPS) is 14.5. The molecule has 31 heavy (non-hydrogen) atoms. The zero-order valence-corrected chi connectivity index (χ0v) is 17.8. The molecular weight excluding hydrogens is 423 g/mol. The molecule has 0 unspecified atom stereocenters. The topological polar surface area (TPSA) is 77.1 Å². The van der Waals surface area contributed by atoms with Crippen LogP contribution < -0.4 is 14.8 Å². The Morgan fingerprint density at radius 3 is 2.71 bits per heavy atom. The summed E-state index contributed by atoms with van der Waals surface area (Å²) < 4.78 is 29.4. The number of carbonyl (C=O) groups is 2. The lowest BCUT2D eigenvalue weighted by Gasteiger charge is -2.13. The van der Waals surface area contributed by atoms with Gasteiger partial charge in [-0.1, -0.05) is 18.2 Å². The summed E-state index contributed by atoms with van der Waals surface area (Å²) in [5.41, 5.74) is 1.58. The molecule has 1 amide bonds. The van der Waals surface area contributed by atoms with Crippen LogP contribution in [0.5, 0.6) is 11.5 Å². The minimum atomic E-state index is -0.572. The smallest absolute Gasteiger partial charge is 0.325 e. The fourth-order valence-corrected chi connectivity index (χ4v) is 3.12. The minimum absolute atomic E-state index is 0.127. The van der Waals surface area contributed by atoms with Crippen molar-refractivity contribution in [1.82, 2.24) is 10.2 Å². The standard InChI is InChI=1S/C22H21FN2O5S/c1-3-29-19-11-14(7-8-18(19)30-13-15-5-4-6-16(23)9-15)10-17-21(27)25(22(31)24-17)12-20(26)28-2/h4-11H,3,12-13H2,1-2H3,(H,24,31)/b17-10-. The largest absolute Gasteiger partial charge is 0.490 e. The zero-order valence-electron chi connectivity index (χ0n) is 17.0. The molecule has 1 fully saturated rings. The van der Waals surface area contributed by atoms with Crippen LogP contribution in [-0.4, -0.2) is 42.2 Å². The summed E-state index contributed by atoms with van der Waals surface area (Å²) in [7, 11) is 1.24. The Hall–Kier alpha value is -3.46. The van der Waals surface area contributed by atoms with Gasteiger partial charge in [0.15, 0.2) is 16.6 Å². The van der Waals surface area contributed by atoms with E-state index in [2.05, 4.69) is 10.1 Å². The summed E-state index contributed by atoms with van der Waals surface area (Å²) in [5, 5.41) is 2.93. The molecule has 0 aromatic heterocycles. The first kappa shape index (κ1) is 22.2. The van der Waals surface area contributed by atoms with Gasteiger partial charge in [-0.15, -0.1) is 0 Å². The van der Waals surface area contributed by atoms with Crippen LogP contribution in [0.4, 0.5) is 4.39 Å². The second-order valence-corrected chi connectivity index (χ2v) is 6.90. The van der Waals surface area contributed by atoms with E-state index in [0.717, 1.165) is 4.90 Å². The number of amides is 1. The van der Waals surface area contributed by atoms with Gasteiger partial charge in [-0.3, -0.25) is 14.5 Å². The van der Waals surface area contributed by atoms with Crippen molar-refractivity contribution < 1.29 is 28.2 Å². The summed E-state index contributed by atoms with van der Waals surface area (Å²) in [5.74, 6) is -0.368. The highest BCUT2D eigenvalue weighted by atomic mass is 32.1. The van der Waals surface area contributed by atoms with Crippen molar-refractivity contribution in [1.29, 1.82) is 0 Å². The van der Waals surface area contributed by atoms with Crippen molar-refractivity contribution >= 4 is 35.3 Å². The fraction of sp³-hybridized carbons (Fsp3) is 0.227. The third-order valence-electron chi connectivity index (χ3n) is 4.34. The Morgan fingerprint density at radius 2 is 2.00 bits per heavy atom. The zero-order chi connectivity index (χ0) is 22.4. The monoisotopic (exact) mass is 444 g/mol. The maximum absolute atomic E-state index is 13.4. The summed E-state index contributed by atoms with van der Waals surface area (Å²) in [4.78, 5) is 25.2. The molecule has 0 spiro atoms. The van der Waals surface area contributed by atoms with E-state index in [0.29, 0.717) is 29.2 Å². The number of nitrogens with one attached hydrogen (secondary N) is 1. The van der Waals surface area contributed by atoms with Crippen LogP contribution in [0.3, 0.4) is 0 Å². The second-order valence-electron chi connectivity index (χ2n) is 6.51. The molecule has 0 saturated carbocycles. The van der Waals surface area contributed by atoms with E-state index in [1.807, 2.05) is 6.92 Å². The first-order chi connectivity index (χ1) is 14.9. The maximum Gasteiger partial charge on any atom is 0.325 e. The molecular formula is C22H21FN2O5S. The maximum atomic E-state index is 13.4. The van der Waals surface area contributed by atoms with Crippen LogP contribution >= 0.6 is 12.2 Å². The van der Waals surface area contributed by atoms with E-state index < -0.39 is 11.9 Å². The van der Waals surface area contributed by atoms with Crippen molar-refractivity contribution in [2.75, 3.05) is 20.3 Å². The number of halogens is 1. The van der Waals surface area contributed by atoms with Crippen molar-refractivity contribution in [3.05, 3.63) is 65.1 Å². The van der Waals surface area contributed by atoms with E-state index in [1.54, 1.807) is 36.4 Å². The summed E-state index contributed by atoms with van der Waals surface area (Å²) in [6, 6.07) is 11.3. The number of benzene rings is 2. The third kappa shape index (κ3) is 5.58. The molecule has 1 saturated heterocycles. The van der Waals surface area contributed by atoms with Crippen LogP contribution in [0.15, 0.2) is 48.2 Å². The number of methoxy groups -OCH3 is 1. The average molecular weight is 444 g/mol. The Labute approximate surface area is 184 Å². The number of ether oxygens (including phenoxy) is 3. The van der Waals surface area contributed by atoms with Crippen molar-refractivity contribution in [2.24, 2.45) is 0 Å². The Balaban J connectivity index is 1.78. The van der Waals surface area contributed by atoms with Crippen LogP contribution in [-0.2, 0) is 20.9 Å². The molecule has 2 aromatic carbocycles. The highest BCUT2D eigenvalue weighted by Crippen LogP contribution is 2.30. The van der Waals surface area contributed by atoms with Gasteiger partial charge in [-0.05, 0) is 60.6 Å². The number of carbonyl (C=O) groups excluding carboxylic acids is 2. The van der Waals surface area contributed by atoms with Gasteiger partial charge < -0.3 is 19.5 Å². The molecule has 1 heterocycles. The van der Waals surface area contributed by atoms with E-state index >= 15 is 0 Å². The van der Waals surface area contributed by atoms with Gasteiger partial charge in [0.1, 0.15) is 24.7 Å². The molecule has 1 aliphatic rings. The predicted octanol–water partition coefficient (Wildman–Crippen LogP) is 3.03. The SMILES string of the molecule is CCOc1cc(/C=C2\NC(=S)N(CC(=O)OC)C2=O)ccc1OCc1cccc(F)c1. The van der Waals surface area contributed by atoms with Crippen LogP contribution in [0.25, 0.3) is 6.08 Å². The van der Waals surface area contributed by atoms with Crippen molar-refractivity contribution in [2.45, 2.75) is 13.5 Å². The highest BCUT2D eigenvalue weighted by Gasteiger charge is 2.32. The lowest BCUT2D eigenvalue weighted by atomic mass is 10.1. The minimum Gasteiger partial charge on any atom is -0.490 e. The molecule has 1 N–H and O–H groups in total. The van der Waals surface area contributed by atoms with E-state index in [4.69, 9.17) is 21.7 Å². The van der Waals surface area contributed by atoms with Gasteiger partial charge in [0, 0.05) is 0 Å². The van der Waals surface area contributed by atoms with E-state index in [9.17, 15) is 14.0 Å². The van der Waals surface area contributed by atoms with Crippen LogP contribution in [0.2, 0.25) is 0 Å². The molecule has 3 rings (SSSR count). The number of thiocarbonyl (C=S) groups is 1. The summed E-state index contributed by atoms with van der Waals surface area (Å²) in [6.45, 7) is 2.15. The van der Waals surface area contributed by atoms with E-state index in [1.165, 1.54) is 19.2 Å². The second kappa shape index (κ2) is 10.0. The molecule has 0 atom stereocenters. The summed E-state index contributed by atoms with van der Waals surface area (Å²) in [6.07, 6.45) is 1.60.